The molecule has 7 heteroatoms. The van der Waals surface area contributed by atoms with Crippen LogP contribution in [0.4, 0.5) is 0 Å². The first-order chi connectivity index (χ1) is 17.2. The maximum absolute atomic E-state index is 13.2. The second-order valence-corrected chi connectivity index (χ2v) is 9.20. The average Bonchev–Trinajstić information content (AvgIpc) is 2.88. The van der Waals surface area contributed by atoms with Gasteiger partial charge in [-0.05, 0) is 26.2 Å². The lowest BCUT2D eigenvalue weighted by Crippen LogP contribution is -2.41. The third kappa shape index (κ3) is 6.71. The number of aliphatic hydroxyl groups is 1. The molecule has 200 valence electrons. The minimum atomic E-state index is -0.864. The Labute approximate surface area is 215 Å². The molecule has 1 aliphatic carbocycles. The standard InChI is InChI=1S/C29H42O7/c1-9-10-11-12-13-14-21(32-5)20(4)28(35-8)18(2)15-16-22-19(3)26(30)25-23(33-6)17-24(34-7)27(31)29(25)36-22/h9-14,17-18,20-21,25,28-29,31H,15-16H2,1-8H3/b10-9+,12-11+,14-13+/t18-,20+,21-,25?,28-,29?/m0/s1. The van der Waals surface area contributed by atoms with E-state index in [9.17, 15) is 9.90 Å². The van der Waals surface area contributed by atoms with Gasteiger partial charge in [0.2, 0.25) is 0 Å². The van der Waals surface area contributed by atoms with Crippen molar-refractivity contribution < 1.29 is 33.6 Å². The number of hydrogen-bond acceptors (Lipinski definition) is 7. The maximum atomic E-state index is 13.2. The van der Waals surface area contributed by atoms with Crippen LogP contribution in [0.25, 0.3) is 0 Å². The number of carbonyl (C=O) groups excluding carboxylic acids is 1. The number of hydrogen-bond donors (Lipinski definition) is 1. The molecule has 0 aromatic heterocycles. The number of allylic oxidation sites excluding steroid dienone is 8. The van der Waals surface area contributed by atoms with Gasteiger partial charge in [0.1, 0.15) is 17.4 Å². The van der Waals surface area contributed by atoms with Crippen molar-refractivity contribution in [1.29, 1.82) is 0 Å². The predicted octanol–water partition coefficient (Wildman–Crippen LogP) is 5.58. The Hall–Kier alpha value is -2.77. The van der Waals surface area contributed by atoms with Gasteiger partial charge in [-0.1, -0.05) is 50.3 Å². The quantitative estimate of drug-likeness (QED) is 0.329. The zero-order valence-electron chi connectivity index (χ0n) is 22.8. The summed E-state index contributed by atoms with van der Waals surface area (Å²) in [5.74, 6) is 0.543. The molecular formula is C29H42O7. The van der Waals surface area contributed by atoms with Crippen LogP contribution < -0.4 is 0 Å². The Kier molecular flexibility index (Phi) is 11.5. The van der Waals surface area contributed by atoms with Gasteiger partial charge in [-0.3, -0.25) is 4.79 Å². The molecule has 1 N–H and O–H groups in total. The third-order valence-electron chi connectivity index (χ3n) is 6.99. The molecule has 0 aromatic rings. The number of ketones is 1. The molecule has 7 nitrogen and oxygen atoms in total. The zero-order valence-corrected chi connectivity index (χ0v) is 22.8. The van der Waals surface area contributed by atoms with E-state index >= 15 is 0 Å². The van der Waals surface area contributed by atoms with E-state index in [4.69, 9.17) is 23.7 Å². The minimum Gasteiger partial charge on any atom is -0.505 e. The van der Waals surface area contributed by atoms with Gasteiger partial charge in [0.05, 0.1) is 26.4 Å². The molecular weight excluding hydrogens is 460 g/mol. The summed E-state index contributed by atoms with van der Waals surface area (Å²) in [5, 5.41) is 10.7. The smallest absolute Gasteiger partial charge is 0.177 e. The Morgan fingerprint density at radius 2 is 1.75 bits per heavy atom. The largest absolute Gasteiger partial charge is 0.505 e. The second kappa shape index (κ2) is 14.1. The number of fused-ring (bicyclic) bond motifs is 1. The van der Waals surface area contributed by atoms with Crippen LogP contribution in [0.3, 0.4) is 0 Å². The number of Topliss-reactive ketones (excluding diaryl/α,β-unsaturated/α-hetero) is 1. The van der Waals surface area contributed by atoms with Crippen LogP contribution in [-0.2, 0) is 28.5 Å². The molecule has 0 fully saturated rings. The highest BCUT2D eigenvalue weighted by Gasteiger charge is 2.46. The Morgan fingerprint density at radius 3 is 2.33 bits per heavy atom. The van der Waals surface area contributed by atoms with Crippen molar-refractivity contribution in [3.63, 3.8) is 0 Å². The summed E-state index contributed by atoms with van der Waals surface area (Å²) < 4.78 is 28.5. The first-order valence-corrected chi connectivity index (χ1v) is 12.4. The number of aliphatic hydroxyl groups excluding tert-OH is 1. The molecule has 0 amide bonds. The number of rotatable bonds is 13. The number of ether oxygens (including phenoxy) is 5. The summed E-state index contributed by atoms with van der Waals surface area (Å²) in [6, 6.07) is 0. The van der Waals surface area contributed by atoms with Gasteiger partial charge < -0.3 is 28.8 Å². The molecule has 36 heavy (non-hydrogen) atoms. The van der Waals surface area contributed by atoms with E-state index in [-0.39, 0.29) is 41.3 Å². The van der Waals surface area contributed by atoms with Gasteiger partial charge in [-0.2, -0.15) is 0 Å². The first kappa shape index (κ1) is 29.5. The zero-order chi connectivity index (χ0) is 26.8. The molecule has 0 bridgehead atoms. The van der Waals surface area contributed by atoms with Gasteiger partial charge in [0, 0.05) is 38.2 Å². The number of methoxy groups -OCH3 is 4. The van der Waals surface area contributed by atoms with Gasteiger partial charge in [-0.25, -0.2) is 0 Å². The second-order valence-electron chi connectivity index (χ2n) is 9.20. The lowest BCUT2D eigenvalue weighted by Gasteiger charge is -2.37. The van der Waals surface area contributed by atoms with Crippen molar-refractivity contribution in [3.8, 4) is 0 Å². The highest BCUT2D eigenvalue weighted by atomic mass is 16.5. The number of carbonyl (C=O) groups is 1. The SMILES string of the molecule is C/C=C/C=C/C=C/[C@H](OC)[C@@H](C)[C@@H](OC)[C@@H](C)CCC1=C(C)C(=O)C2C(OC)=CC(OC)=C(O)C2O1. The third-order valence-corrected chi connectivity index (χ3v) is 6.99. The van der Waals surface area contributed by atoms with Crippen LogP contribution >= 0.6 is 0 Å². The van der Waals surface area contributed by atoms with Crippen LogP contribution in [0, 0.1) is 17.8 Å². The van der Waals surface area contributed by atoms with E-state index in [2.05, 4.69) is 13.8 Å². The van der Waals surface area contributed by atoms with E-state index in [0.717, 1.165) is 6.42 Å². The molecule has 1 heterocycles. The molecule has 0 aromatic carbocycles. The first-order valence-electron chi connectivity index (χ1n) is 12.4. The van der Waals surface area contributed by atoms with Gasteiger partial charge >= 0.3 is 0 Å². The molecule has 6 atom stereocenters. The van der Waals surface area contributed by atoms with Crippen molar-refractivity contribution in [3.05, 3.63) is 71.1 Å². The lowest BCUT2D eigenvalue weighted by molar-refractivity contribution is -0.126. The fourth-order valence-corrected chi connectivity index (χ4v) is 4.90. The van der Waals surface area contributed by atoms with E-state index in [1.807, 2.05) is 43.4 Å². The van der Waals surface area contributed by atoms with Crippen molar-refractivity contribution in [2.45, 2.75) is 58.8 Å². The topological polar surface area (TPSA) is 83.5 Å². The Bertz CT molecular complexity index is 937. The molecule has 2 aliphatic rings. The van der Waals surface area contributed by atoms with E-state index in [0.29, 0.717) is 23.5 Å². The fourth-order valence-electron chi connectivity index (χ4n) is 4.90. The molecule has 0 saturated carbocycles. The molecule has 1 aliphatic heterocycles. The van der Waals surface area contributed by atoms with Gasteiger partial charge in [0.15, 0.2) is 23.4 Å². The lowest BCUT2D eigenvalue weighted by atomic mass is 9.82. The van der Waals surface area contributed by atoms with Crippen LogP contribution in [0.2, 0.25) is 0 Å². The summed E-state index contributed by atoms with van der Waals surface area (Å²) in [5.41, 5.74) is 0.549. The molecule has 2 rings (SSSR count). The van der Waals surface area contributed by atoms with Crippen molar-refractivity contribution in [2.75, 3.05) is 28.4 Å². The van der Waals surface area contributed by atoms with Crippen molar-refractivity contribution >= 4 is 5.78 Å². The normalized spacial score (nSPS) is 24.1. The fraction of sp³-hybridized carbons (Fsp3) is 0.552. The van der Waals surface area contributed by atoms with E-state index in [1.165, 1.54) is 14.2 Å². The van der Waals surface area contributed by atoms with Crippen LogP contribution in [0.1, 0.15) is 40.5 Å². The van der Waals surface area contributed by atoms with Crippen molar-refractivity contribution in [2.24, 2.45) is 17.8 Å². The van der Waals surface area contributed by atoms with E-state index in [1.54, 1.807) is 27.2 Å². The summed E-state index contributed by atoms with van der Waals surface area (Å²) in [7, 11) is 6.36. The Balaban J connectivity index is 2.14. The van der Waals surface area contributed by atoms with Crippen LogP contribution in [0.5, 0.6) is 0 Å². The Morgan fingerprint density at radius 1 is 1.06 bits per heavy atom. The molecule has 0 spiro atoms. The van der Waals surface area contributed by atoms with Crippen molar-refractivity contribution in [1.82, 2.24) is 0 Å². The van der Waals surface area contributed by atoms with E-state index < -0.39 is 12.0 Å². The highest BCUT2D eigenvalue weighted by Crippen LogP contribution is 2.40. The maximum Gasteiger partial charge on any atom is 0.177 e. The van der Waals surface area contributed by atoms with Crippen LogP contribution in [-0.4, -0.2) is 57.6 Å². The summed E-state index contributed by atoms with van der Waals surface area (Å²) in [6.45, 7) is 7.98. The molecule has 0 radical (unpaired) electrons. The monoisotopic (exact) mass is 502 g/mol. The molecule has 2 unspecified atom stereocenters. The van der Waals surface area contributed by atoms with Gasteiger partial charge in [0.25, 0.3) is 0 Å². The average molecular weight is 503 g/mol. The molecule has 0 saturated heterocycles. The summed E-state index contributed by atoms with van der Waals surface area (Å²) >= 11 is 0. The van der Waals surface area contributed by atoms with Gasteiger partial charge in [-0.15, -0.1) is 0 Å². The summed E-state index contributed by atoms with van der Waals surface area (Å²) in [6.07, 6.45) is 13.7. The summed E-state index contributed by atoms with van der Waals surface area (Å²) in [4.78, 5) is 13.2. The predicted molar refractivity (Wildman–Crippen MR) is 140 cm³/mol. The van der Waals surface area contributed by atoms with Crippen LogP contribution in [0.15, 0.2) is 71.1 Å². The minimum absolute atomic E-state index is 0.0711. The highest BCUT2D eigenvalue weighted by molar-refractivity contribution is 6.00.